The van der Waals surface area contributed by atoms with Gasteiger partial charge in [0.25, 0.3) is 0 Å². The van der Waals surface area contributed by atoms with Gasteiger partial charge < -0.3 is 14.5 Å². The lowest BCUT2D eigenvalue weighted by molar-refractivity contribution is -0.132. The first-order chi connectivity index (χ1) is 12.2. The summed E-state index contributed by atoms with van der Waals surface area (Å²) in [6.45, 7) is 6.82. The van der Waals surface area contributed by atoms with Crippen LogP contribution in [0.5, 0.6) is 0 Å². The van der Waals surface area contributed by atoms with Crippen LogP contribution in [0, 0.1) is 5.82 Å². The zero-order valence-corrected chi connectivity index (χ0v) is 16.3. The molecule has 1 aliphatic heterocycles. The van der Waals surface area contributed by atoms with Gasteiger partial charge in [-0.15, -0.1) is 11.6 Å². The molecule has 0 atom stereocenters. The molecule has 1 aliphatic rings. The van der Waals surface area contributed by atoms with Crippen LogP contribution in [-0.2, 0) is 16.1 Å². The predicted octanol–water partition coefficient (Wildman–Crippen LogP) is 3.79. The monoisotopic (exact) mass is 384 g/mol. The molecule has 7 heteroatoms. The maximum atomic E-state index is 13.4. The van der Waals surface area contributed by atoms with Crippen molar-refractivity contribution in [3.63, 3.8) is 0 Å². The number of hydrogen-bond donors (Lipinski definition) is 0. The third-order valence-electron chi connectivity index (χ3n) is 4.23. The molecule has 0 aliphatic carbocycles. The third kappa shape index (κ3) is 5.87. The Hall–Kier alpha value is -1.82. The van der Waals surface area contributed by atoms with Gasteiger partial charge in [-0.1, -0.05) is 12.1 Å². The number of hydrogen-bond acceptors (Lipinski definition) is 3. The van der Waals surface area contributed by atoms with Crippen LogP contribution < -0.4 is 0 Å². The lowest BCUT2D eigenvalue weighted by atomic mass is 10.0. The second-order valence-corrected chi connectivity index (χ2v) is 7.75. The average Bonchev–Trinajstić information content (AvgIpc) is 2.58. The fourth-order valence-corrected chi connectivity index (χ4v) is 3.17. The molecule has 0 unspecified atom stereocenters. The van der Waals surface area contributed by atoms with E-state index in [1.807, 2.05) is 20.8 Å². The van der Waals surface area contributed by atoms with Gasteiger partial charge in [0.05, 0.1) is 0 Å². The van der Waals surface area contributed by atoms with Gasteiger partial charge in [-0.05, 0) is 51.3 Å². The topological polar surface area (TPSA) is 49.9 Å². The number of ether oxygens (including phenoxy) is 1. The van der Waals surface area contributed by atoms with E-state index in [0.717, 1.165) is 5.56 Å². The lowest BCUT2D eigenvalue weighted by Crippen LogP contribution is -2.49. The van der Waals surface area contributed by atoms with Gasteiger partial charge in [-0.3, -0.25) is 4.79 Å². The van der Waals surface area contributed by atoms with Crippen molar-refractivity contribution in [3.8, 4) is 0 Å². The summed E-state index contributed by atoms with van der Waals surface area (Å²) in [6.07, 6.45) is 0.935. The number of rotatable bonds is 4. The van der Waals surface area contributed by atoms with Crippen LogP contribution >= 0.6 is 11.6 Å². The van der Waals surface area contributed by atoms with E-state index >= 15 is 0 Å². The fourth-order valence-electron chi connectivity index (χ4n) is 3.02. The Morgan fingerprint density at radius 1 is 1.31 bits per heavy atom. The molecular formula is C19H26ClFN2O3. The molecule has 0 bridgehead atoms. The van der Waals surface area contributed by atoms with E-state index < -0.39 is 5.60 Å². The Morgan fingerprint density at radius 3 is 2.50 bits per heavy atom. The summed E-state index contributed by atoms with van der Waals surface area (Å²) >= 11 is 5.77. The molecule has 2 amide bonds. The van der Waals surface area contributed by atoms with Crippen LogP contribution in [-0.4, -0.2) is 52.4 Å². The predicted molar refractivity (Wildman–Crippen MR) is 98.5 cm³/mol. The number of halogens is 2. The van der Waals surface area contributed by atoms with Gasteiger partial charge >= 0.3 is 6.09 Å². The number of amides is 2. The van der Waals surface area contributed by atoms with Crippen LogP contribution in [0.4, 0.5) is 9.18 Å². The van der Waals surface area contributed by atoms with Gasteiger partial charge in [0.15, 0.2) is 0 Å². The van der Waals surface area contributed by atoms with E-state index in [2.05, 4.69) is 0 Å². The lowest BCUT2D eigenvalue weighted by Gasteiger charge is -2.38. The maximum Gasteiger partial charge on any atom is 0.410 e. The molecule has 0 radical (unpaired) electrons. The van der Waals surface area contributed by atoms with E-state index in [1.54, 1.807) is 21.9 Å². The molecule has 0 saturated carbocycles. The smallest absolute Gasteiger partial charge is 0.410 e. The van der Waals surface area contributed by atoms with Crippen LogP contribution in [0.25, 0.3) is 0 Å². The Balaban J connectivity index is 2.00. The molecule has 1 fully saturated rings. The average molecular weight is 385 g/mol. The first kappa shape index (κ1) is 20.5. The van der Waals surface area contributed by atoms with Crippen LogP contribution in [0.1, 0.15) is 39.2 Å². The SMILES string of the molecule is CC(C)(C)OC(=O)N1CCC(N(Cc2cccc(F)c2)C(=O)CCl)CC1. The zero-order valence-electron chi connectivity index (χ0n) is 15.5. The van der Waals surface area contributed by atoms with E-state index in [9.17, 15) is 14.0 Å². The summed E-state index contributed by atoms with van der Waals surface area (Å²) in [6, 6.07) is 6.16. The van der Waals surface area contributed by atoms with Crippen molar-refractivity contribution in [3.05, 3.63) is 35.6 Å². The molecule has 2 rings (SSSR count). The van der Waals surface area contributed by atoms with Crippen molar-refractivity contribution < 1.29 is 18.7 Å². The highest BCUT2D eigenvalue weighted by Crippen LogP contribution is 2.22. The Morgan fingerprint density at radius 2 is 1.96 bits per heavy atom. The molecule has 1 saturated heterocycles. The normalized spacial score (nSPS) is 15.7. The molecule has 0 N–H and O–H groups in total. The van der Waals surface area contributed by atoms with E-state index in [0.29, 0.717) is 32.5 Å². The minimum atomic E-state index is -0.536. The molecule has 5 nitrogen and oxygen atoms in total. The third-order valence-corrected chi connectivity index (χ3v) is 4.46. The number of benzene rings is 1. The van der Waals surface area contributed by atoms with E-state index in [4.69, 9.17) is 16.3 Å². The summed E-state index contributed by atoms with van der Waals surface area (Å²) < 4.78 is 18.8. The minimum Gasteiger partial charge on any atom is -0.444 e. The fraction of sp³-hybridized carbons (Fsp3) is 0.579. The van der Waals surface area contributed by atoms with Crippen LogP contribution in [0.3, 0.4) is 0 Å². The molecule has 1 heterocycles. The molecule has 1 aromatic carbocycles. The highest BCUT2D eigenvalue weighted by molar-refractivity contribution is 6.27. The number of piperidine rings is 1. The molecule has 1 aromatic rings. The van der Waals surface area contributed by atoms with Crippen molar-refractivity contribution in [1.29, 1.82) is 0 Å². The number of carbonyl (C=O) groups is 2. The quantitative estimate of drug-likeness (QED) is 0.742. The summed E-state index contributed by atoms with van der Waals surface area (Å²) in [5, 5.41) is 0. The zero-order chi connectivity index (χ0) is 19.3. The molecular weight excluding hydrogens is 359 g/mol. The number of nitrogens with zero attached hydrogens (tertiary/aromatic N) is 2. The highest BCUT2D eigenvalue weighted by Gasteiger charge is 2.31. The Bertz CT molecular complexity index is 640. The first-order valence-electron chi connectivity index (χ1n) is 8.77. The van der Waals surface area contributed by atoms with Gasteiger partial charge in [0, 0.05) is 25.7 Å². The van der Waals surface area contributed by atoms with Crippen molar-refractivity contribution in [2.45, 2.75) is 51.8 Å². The number of carbonyl (C=O) groups excluding carboxylic acids is 2. The number of likely N-dealkylation sites (tertiary alicyclic amines) is 1. The highest BCUT2D eigenvalue weighted by atomic mass is 35.5. The van der Waals surface area contributed by atoms with Crippen LogP contribution in [0.15, 0.2) is 24.3 Å². The van der Waals surface area contributed by atoms with Crippen molar-refractivity contribution >= 4 is 23.6 Å². The molecule has 26 heavy (non-hydrogen) atoms. The number of alkyl halides is 1. The molecule has 144 valence electrons. The standard InChI is InChI=1S/C19H26ClFN2O3/c1-19(2,3)26-18(25)22-9-7-16(8-10-22)23(17(24)12-20)13-14-5-4-6-15(21)11-14/h4-6,11,16H,7-10,12-13H2,1-3H3. The summed E-state index contributed by atoms with van der Waals surface area (Å²) in [4.78, 5) is 27.8. The summed E-state index contributed by atoms with van der Waals surface area (Å²) in [7, 11) is 0. The summed E-state index contributed by atoms with van der Waals surface area (Å²) in [5.74, 6) is -0.645. The maximum absolute atomic E-state index is 13.4. The second kappa shape index (κ2) is 8.71. The second-order valence-electron chi connectivity index (χ2n) is 7.48. The van der Waals surface area contributed by atoms with E-state index in [-0.39, 0.29) is 29.7 Å². The Kier molecular flexibility index (Phi) is 6.87. The minimum absolute atomic E-state index is 0.0387. The van der Waals surface area contributed by atoms with Crippen molar-refractivity contribution in [2.75, 3.05) is 19.0 Å². The first-order valence-corrected chi connectivity index (χ1v) is 9.31. The van der Waals surface area contributed by atoms with Crippen LogP contribution in [0.2, 0.25) is 0 Å². The van der Waals surface area contributed by atoms with Gasteiger partial charge in [0.1, 0.15) is 17.3 Å². The largest absolute Gasteiger partial charge is 0.444 e. The van der Waals surface area contributed by atoms with Gasteiger partial charge in [-0.25, -0.2) is 9.18 Å². The van der Waals surface area contributed by atoms with Gasteiger partial charge in [-0.2, -0.15) is 0 Å². The van der Waals surface area contributed by atoms with Crippen molar-refractivity contribution in [1.82, 2.24) is 9.80 Å². The van der Waals surface area contributed by atoms with E-state index in [1.165, 1.54) is 12.1 Å². The molecule has 0 aromatic heterocycles. The molecule has 0 spiro atoms. The van der Waals surface area contributed by atoms with Gasteiger partial charge in [0.2, 0.25) is 5.91 Å². The Labute approximate surface area is 159 Å². The van der Waals surface area contributed by atoms with Crippen molar-refractivity contribution in [2.24, 2.45) is 0 Å². The summed E-state index contributed by atoms with van der Waals surface area (Å²) in [5.41, 5.74) is 0.185.